The molecular weight excluding hydrogens is 268 g/mol. The van der Waals surface area contributed by atoms with E-state index in [9.17, 15) is 4.79 Å². The van der Waals surface area contributed by atoms with Crippen molar-refractivity contribution in [1.29, 1.82) is 0 Å². The Morgan fingerprint density at radius 3 is 2.85 bits per heavy atom. The maximum absolute atomic E-state index is 12.3. The first-order valence-electron chi connectivity index (χ1n) is 6.93. The molecule has 0 unspecified atom stereocenters. The summed E-state index contributed by atoms with van der Waals surface area (Å²) in [6.07, 6.45) is 4.61. The Bertz CT molecular complexity index is 641. The third-order valence-corrected chi connectivity index (χ3v) is 4.89. The fraction of sp³-hybridized carbons (Fsp3) is 0.312. The van der Waals surface area contributed by atoms with Crippen molar-refractivity contribution < 1.29 is 4.79 Å². The molecule has 2 aromatic rings. The van der Waals surface area contributed by atoms with E-state index in [0.717, 1.165) is 23.4 Å². The molecular formula is C16H18N2OS. The number of nitrogens with one attached hydrogen (secondary N) is 1. The van der Waals surface area contributed by atoms with Gasteiger partial charge in [0, 0.05) is 16.3 Å². The average molecular weight is 286 g/mol. The minimum absolute atomic E-state index is 0.0613. The quantitative estimate of drug-likeness (QED) is 0.883. The summed E-state index contributed by atoms with van der Waals surface area (Å²) < 4.78 is 0. The first-order valence-corrected chi connectivity index (χ1v) is 7.75. The molecule has 3 nitrogen and oxygen atoms in total. The Morgan fingerprint density at radius 1 is 1.30 bits per heavy atom. The number of nitrogen functional groups attached to an aromatic ring is 1. The molecule has 1 heterocycles. The van der Waals surface area contributed by atoms with Crippen molar-refractivity contribution in [2.24, 2.45) is 0 Å². The number of anilines is 2. The minimum Gasteiger partial charge on any atom is -0.398 e. The fourth-order valence-electron chi connectivity index (χ4n) is 2.69. The molecule has 0 fully saturated rings. The van der Waals surface area contributed by atoms with Crippen molar-refractivity contribution in [1.82, 2.24) is 0 Å². The van der Waals surface area contributed by atoms with Crippen LogP contribution in [-0.4, -0.2) is 5.91 Å². The Morgan fingerprint density at radius 2 is 2.10 bits per heavy atom. The standard InChI is InChI=1S/C16H18N2OS/c1-10-13(17)9-15(20-10)16(19)18-14-8-4-6-11-5-2-3-7-12(11)14/h4,6,8-9H,2-3,5,7,17H2,1H3,(H,18,19). The average Bonchev–Trinajstić information content (AvgIpc) is 2.79. The van der Waals surface area contributed by atoms with Crippen molar-refractivity contribution in [3.05, 3.63) is 45.1 Å². The van der Waals surface area contributed by atoms with Gasteiger partial charge >= 0.3 is 0 Å². The van der Waals surface area contributed by atoms with Gasteiger partial charge in [-0.1, -0.05) is 12.1 Å². The van der Waals surface area contributed by atoms with Crippen LogP contribution < -0.4 is 11.1 Å². The summed E-state index contributed by atoms with van der Waals surface area (Å²) in [4.78, 5) is 14.0. The van der Waals surface area contributed by atoms with Crippen molar-refractivity contribution in [3.8, 4) is 0 Å². The summed E-state index contributed by atoms with van der Waals surface area (Å²) in [7, 11) is 0. The number of rotatable bonds is 2. The Labute approximate surface area is 122 Å². The molecule has 104 valence electrons. The van der Waals surface area contributed by atoms with Crippen LogP contribution in [0, 0.1) is 6.92 Å². The largest absolute Gasteiger partial charge is 0.398 e. The SMILES string of the molecule is Cc1sc(C(=O)Nc2cccc3c2CCCC3)cc1N. The number of hydrogen-bond donors (Lipinski definition) is 2. The number of hydrogen-bond acceptors (Lipinski definition) is 3. The second-order valence-electron chi connectivity index (χ2n) is 5.23. The van der Waals surface area contributed by atoms with Crippen LogP contribution in [-0.2, 0) is 12.8 Å². The van der Waals surface area contributed by atoms with Gasteiger partial charge in [-0.25, -0.2) is 0 Å². The van der Waals surface area contributed by atoms with Gasteiger partial charge in [0.15, 0.2) is 0 Å². The van der Waals surface area contributed by atoms with E-state index in [2.05, 4.69) is 11.4 Å². The second-order valence-corrected chi connectivity index (χ2v) is 6.48. The van der Waals surface area contributed by atoms with Crippen LogP contribution >= 0.6 is 11.3 Å². The van der Waals surface area contributed by atoms with Gasteiger partial charge in [-0.05, 0) is 55.9 Å². The number of carbonyl (C=O) groups is 1. The molecule has 0 aliphatic heterocycles. The van der Waals surface area contributed by atoms with Crippen LogP contribution in [0.25, 0.3) is 0 Å². The molecule has 3 N–H and O–H groups in total. The van der Waals surface area contributed by atoms with Gasteiger partial charge in [-0.15, -0.1) is 11.3 Å². The monoisotopic (exact) mass is 286 g/mol. The van der Waals surface area contributed by atoms with Crippen molar-refractivity contribution in [2.45, 2.75) is 32.6 Å². The fourth-order valence-corrected chi connectivity index (χ4v) is 3.53. The third-order valence-electron chi connectivity index (χ3n) is 3.82. The van der Waals surface area contributed by atoms with Gasteiger partial charge < -0.3 is 11.1 Å². The molecule has 0 radical (unpaired) electrons. The lowest BCUT2D eigenvalue weighted by Crippen LogP contribution is -2.14. The molecule has 1 aromatic heterocycles. The molecule has 0 spiro atoms. The molecule has 1 amide bonds. The number of fused-ring (bicyclic) bond motifs is 1. The number of nitrogens with two attached hydrogens (primary N) is 1. The summed E-state index contributed by atoms with van der Waals surface area (Å²) >= 11 is 1.44. The maximum Gasteiger partial charge on any atom is 0.265 e. The molecule has 4 heteroatoms. The predicted molar refractivity (Wildman–Crippen MR) is 84.5 cm³/mol. The molecule has 0 bridgehead atoms. The van der Waals surface area contributed by atoms with E-state index >= 15 is 0 Å². The smallest absolute Gasteiger partial charge is 0.265 e. The Hall–Kier alpha value is -1.81. The van der Waals surface area contributed by atoms with E-state index in [1.165, 1.54) is 35.3 Å². The van der Waals surface area contributed by atoms with Crippen LogP contribution in [0.3, 0.4) is 0 Å². The normalized spacial score (nSPS) is 13.8. The highest BCUT2D eigenvalue weighted by Crippen LogP contribution is 2.29. The van der Waals surface area contributed by atoms with Gasteiger partial charge in [0.1, 0.15) is 0 Å². The van der Waals surface area contributed by atoms with E-state index in [1.807, 2.05) is 19.1 Å². The van der Waals surface area contributed by atoms with Crippen LogP contribution in [0.15, 0.2) is 24.3 Å². The molecule has 3 rings (SSSR count). The number of aryl methyl sites for hydroxylation is 2. The van der Waals surface area contributed by atoms with Gasteiger partial charge in [-0.3, -0.25) is 4.79 Å². The van der Waals surface area contributed by atoms with Crippen molar-refractivity contribution in [3.63, 3.8) is 0 Å². The molecule has 1 aliphatic rings. The summed E-state index contributed by atoms with van der Waals surface area (Å²) in [5.74, 6) is -0.0613. The zero-order valence-electron chi connectivity index (χ0n) is 11.5. The van der Waals surface area contributed by atoms with E-state index in [4.69, 9.17) is 5.73 Å². The van der Waals surface area contributed by atoms with Crippen LogP contribution in [0.2, 0.25) is 0 Å². The van der Waals surface area contributed by atoms with Crippen molar-refractivity contribution in [2.75, 3.05) is 11.1 Å². The van der Waals surface area contributed by atoms with E-state index in [-0.39, 0.29) is 5.91 Å². The van der Waals surface area contributed by atoms with Crippen molar-refractivity contribution >= 4 is 28.6 Å². The summed E-state index contributed by atoms with van der Waals surface area (Å²) in [6.45, 7) is 1.93. The second kappa shape index (κ2) is 5.29. The van der Waals surface area contributed by atoms with Gasteiger partial charge in [0.05, 0.1) is 4.88 Å². The Kier molecular flexibility index (Phi) is 3.49. The molecule has 1 aliphatic carbocycles. The van der Waals surface area contributed by atoms with Crippen LogP contribution in [0.1, 0.15) is 38.5 Å². The molecule has 1 aromatic carbocycles. The number of benzene rings is 1. The van der Waals surface area contributed by atoms with Crippen LogP contribution in [0.4, 0.5) is 11.4 Å². The number of amides is 1. The third kappa shape index (κ3) is 2.43. The Balaban J connectivity index is 1.86. The summed E-state index contributed by atoms with van der Waals surface area (Å²) in [6, 6.07) is 7.93. The highest BCUT2D eigenvalue weighted by Gasteiger charge is 2.16. The number of carbonyl (C=O) groups excluding carboxylic acids is 1. The zero-order chi connectivity index (χ0) is 14.1. The number of thiophene rings is 1. The molecule has 0 saturated carbocycles. The predicted octanol–water partition coefficient (Wildman–Crippen LogP) is 3.77. The summed E-state index contributed by atoms with van der Waals surface area (Å²) in [5.41, 5.74) is 10.1. The lowest BCUT2D eigenvalue weighted by Gasteiger charge is -2.19. The highest BCUT2D eigenvalue weighted by molar-refractivity contribution is 7.14. The topological polar surface area (TPSA) is 55.1 Å². The molecule has 20 heavy (non-hydrogen) atoms. The first kappa shape index (κ1) is 13.2. The van der Waals surface area contributed by atoms with Crippen LogP contribution in [0.5, 0.6) is 0 Å². The van der Waals surface area contributed by atoms with E-state index in [0.29, 0.717) is 10.6 Å². The first-order chi connectivity index (χ1) is 9.65. The molecule has 0 saturated heterocycles. The van der Waals surface area contributed by atoms with Gasteiger partial charge in [-0.2, -0.15) is 0 Å². The van der Waals surface area contributed by atoms with E-state index in [1.54, 1.807) is 6.07 Å². The molecule has 0 atom stereocenters. The minimum atomic E-state index is -0.0613. The van der Waals surface area contributed by atoms with Gasteiger partial charge in [0.2, 0.25) is 0 Å². The summed E-state index contributed by atoms with van der Waals surface area (Å²) in [5, 5.41) is 3.04. The lowest BCUT2D eigenvalue weighted by molar-refractivity contribution is 0.103. The maximum atomic E-state index is 12.3. The van der Waals surface area contributed by atoms with Gasteiger partial charge in [0.25, 0.3) is 5.91 Å². The lowest BCUT2D eigenvalue weighted by atomic mass is 9.90. The highest BCUT2D eigenvalue weighted by atomic mass is 32.1. The van der Waals surface area contributed by atoms with E-state index < -0.39 is 0 Å². The zero-order valence-corrected chi connectivity index (χ0v) is 12.3.